The van der Waals surface area contributed by atoms with Crippen molar-refractivity contribution >= 4 is 34.6 Å². The standard InChI is InChI=1S/C25H26FN3O4/c1-2-33-25(31)21(15-28-19-4-6-23-18(14-19)7-8-27-23)24(30)20-13-17(3-5-22(20)26)16-29-9-11-32-12-10-29/h3-8,13-15,21,27H,2,9-12,16H2,1H3. The maximum Gasteiger partial charge on any atom is 0.322 e. The van der Waals surface area contributed by atoms with Crippen molar-refractivity contribution in [2.45, 2.75) is 13.5 Å². The largest absolute Gasteiger partial charge is 0.465 e. The number of nitrogens with zero attached hydrogens (tertiary/aromatic N) is 2. The van der Waals surface area contributed by atoms with Crippen molar-refractivity contribution in [3.05, 3.63) is 65.6 Å². The Morgan fingerprint density at radius 1 is 1.21 bits per heavy atom. The highest BCUT2D eigenvalue weighted by Crippen LogP contribution is 2.22. The number of rotatable bonds is 8. The van der Waals surface area contributed by atoms with Crippen molar-refractivity contribution < 1.29 is 23.5 Å². The van der Waals surface area contributed by atoms with Crippen LogP contribution in [0.25, 0.3) is 10.9 Å². The maximum atomic E-state index is 14.7. The predicted octanol–water partition coefficient (Wildman–Crippen LogP) is 3.90. The number of Topliss-reactive ketones (excluding diaryl/α,β-unsaturated/α-hetero) is 1. The van der Waals surface area contributed by atoms with Crippen molar-refractivity contribution in [1.82, 2.24) is 9.88 Å². The number of carbonyl (C=O) groups excluding carboxylic acids is 2. The van der Waals surface area contributed by atoms with Crippen LogP contribution in [0.2, 0.25) is 0 Å². The molecule has 0 saturated carbocycles. The van der Waals surface area contributed by atoms with Gasteiger partial charge in [-0.05, 0) is 48.9 Å². The summed E-state index contributed by atoms with van der Waals surface area (Å²) in [6.07, 6.45) is 3.05. The smallest absolute Gasteiger partial charge is 0.322 e. The van der Waals surface area contributed by atoms with Crippen LogP contribution < -0.4 is 0 Å². The zero-order valence-electron chi connectivity index (χ0n) is 18.4. The van der Waals surface area contributed by atoms with Crippen LogP contribution in [0, 0.1) is 11.7 Å². The highest BCUT2D eigenvalue weighted by molar-refractivity contribution is 6.18. The van der Waals surface area contributed by atoms with Crippen LogP contribution in [0.5, 0.6) is 0 Å². The first-order valence-electron chi connectivity index (χ1n) is 11.0. The molecule has 1 unspecified atom stereocenters. The summed E-state index contributed by atoms with van der Waals surface area (Å²) >= 11 is 0. The third-order valence-electron chi connectivity index (χ3n) is 5.54. The van der Waals surface area contributed by atoms with Crippen molar-refractivity contribution in [3.8, 4) is 0 Å². The molecule has 1 aliphatic heterocycles. The summed E-state index contributed by atoms with van der Waals surface area (Å²) in [5.74, 6) is -3.46. The molecule has 1 aromatic heterocycles. The molecule has 1 atom stereocenters. The van der Waals surface area contributed by atoms with E-state index in [9.17, 15) is 14.0 Å². The van der Waals surface area contributed by atoms with E-state index in [0.29, 0.717) is 25.4 Å². The second-order valence-electron chi connectivity index (χ2n) is 7.82. The van der Waals surface area contributed by atoms with Crippen LogP contribution in [0.4, 0.5) is 10.1 Å². The topological polar surface area (TPSA) is 84.0 Å². The minimum Gasteiger partial charge on any atom is -0.465 e. The number of carbonyl (C=O) groups is 2. The Labute approximate surface area is 191 Å². The van der Waals surface area contributed by atoms with Crippen LogP contribution in [0.15, 0.2) is 53.7 Å². The van der Waals surface area contributed by atoms with Crippen LogP contribution in [-0.2, 0) is 20.8 Å². The van der Waals surface area contributed by atoms with Gasteiger partial charge < -0.3 is 14.5 Å². The van der Waals surface area contributed by atoms with E-state index in [4.69, 9.17) is 9.47 Å². The summed E-state index contributed by atoms with van der Waals surface area (Å²) in [4.78, 5) is 35.4. The number of aromatic nitrogens is 1. The lowest BCUT2D eigenvalue weighted by atomic mass is 9.96. The molecule has 2 heterocycles. The molecule has 1 aliphatic rings. The summed E-state index contributed by atoms with van der Waals surface area (Å²) in [5.41, 5.74) is 2.17. The van der Waals surface area contributed by atoms with Gasteiger partial charge >= 0.3 is 5.97 Å². The van der Waals surface area contributed by atoms with Gasteiger partial charge in [0.05, 0.1) is 31.1 Å². The van der Waals surface area contributed by atoms with E-state index in [1.165, 1.54) is 18.3 Å². The molecule has 7 nitrogen and oxygen atoms in total. The van der Waals surface area contributed by atoms with Gasteiger partial charge in [0.15, 0.2) is 11.7 Å². The molecule has 172 valence electrons. The second-order valence-corrected chi connectivity index (χ2v) is 7.82. The second kappa shape index (κ2) is 10.5. The Balaban J connectivity index is 1.59. The van der Waals surface area contributed by atoms with Gasteiger partial charge in [-0.15, -0.1) is 0 Å². The zero-order valence-corrected chi connectivity index (χ0v) is 18.4. The van der Waals surface area contributed by atoms with Gasteiger partial charge in [-0.3, -0.25) is 19.5 Å². The van der Waals surface area contributed by atoms with Crippen LogP contribution in [0.3, 0.4) is 0 Å². The third-order valence-corrected chi connectivity index (χ3v) is 5.54. The van der Waals surface area contributed by atoms with E-state index in [0.717, 1.165) is 29.6 Å². The maximum absolute atomic E-state index is 14.7. The van der Waals surface area contributed by atoms with Gasteiger partial charge in [0.2, 0.25) is 0 Å². The van der Waals surface area contributed by atoms with E-state index in [-0.39, 0.29) is 12.2 Å². The van der Waals surface area contributed by atoms with Gasteiger partial charge in [-0.1, -0.05) is 6.07 Å². The lowest BCUT2D eigenvalue weighted by Crippen LogP contribution is -2.35. The van der Waals surface area contributed by atoms with Crippen molar-refractivity contribution in [3.63, 3.8) is 0 Å². The summed E-state index contributed by atoms with van der Waals surface area (Å²) in [6, 6.07) is 11.8. The number of hydrogen-bond donors (Lipinski definition) is 1. The molecule has 33 heavy (non-hydrogen) atoms. The molecule has 1 N–H and O–H groups in total. The Morgan fingerprint density at radius 2 is 2.03 bits per heavy atom. The van der Waals surface area contributed by atoms with Crippen LogP contribution >= 0.6 is 0 Å². The first-order valence-corrected chi connectivity index (χ1v) is 11.0. The number of ketones is 1. The molecule has 4 rings (SSSR count). The zero-order chi connectivity index (χ0) is 23.2. The van der Waals surface area contributed by atoms with Crippen molar-refractivity contribution in [2.24, 2.45) is 10.9 Å². The van der Waals surface area contributed by atoms with Gasteiger partial charge in [0, 0.05) is 42.9 Å². The number of H-pyrrole nitrogens is 1. The third kappa shape index (κ3) is 5.53. The molecule has 3 aromatic rings. The fourth-order valence-electron chi connectivity index (χ4n) is 3.79. The number of halogens is 1. The number of nitrogens with one attached hydrogen (secondary N) is 1. The van der Waals surface area contributed by atoms with Gasteiger partial charge in [0.25, 0.3) is 0 Å². The van der Waals surface area contributed by atoms with E-state index >= 15 is 0 Å². The summed E-state index contributed by atoms with van der Waals surface area (Å²) in [6.45, 7) is 5.14. The van der Waals surface area contributed by atoms with Crippen LogP contribution in [0.1, 0.15) is 22.8 Å². The lowest BCUT2D eigenvalue weighted by molar-refractivity contribution is -0.143. The molecular formula is C25H26FN3O4. The number of fused-ring (bicyclic) bond motifs is 1. The average molecular weight is 451 g/mol. The Bertz CT molecular complexity index is 1170. The molecule has 0 aliphatic carbocycles. The first-order chi connectivity index (χ1) is 16.0. The molecule has 8 heteroatoms. The predicted molar refractivity (Wildman–Crippen MR) is 123 cm³/mol. The average Bonchev–Trinajstić information content (AvgIpc) is 3.29. The number of benzene rings is 2. The molecule has 2 aromatic carbocycles. The number of aromatic amines is 1. The summed E-state index contributed by atoms with van der Waals surface area (Å²) in [7, 11) is 0. The SMILES string of the molecule is CCOC(=O)C(C=Nc1ccc2[nH]ccc2c1)C(=O)c1cc(CN2CCOCC2)ccc1F. The molecule has 0 radical (unpaired) electrons. The molecular weight excluding hydrogens is 425 g/mol. The highest BCUT2D eigenvalue weighted by Gasteiger charge is 2.30. The van der Waals surface area contributed by atoms with Crippen molar-refractivity contribution in [1.29, 1.82) is 0 Å². The molecule has 0 bridgehead atoms. The highest BCUT2D eigenvalue weighted by atomic mass is 19.1. The number of aliphatic imine (C=N–C) groups is 1. The minimum atomic E-state index is -1.35. The minimum absolute atomic E-state index is 0.102. The number of ether oxygens (including phenoxy) is 2. The Hall–Kier alpha value is -3.36. The van der Waals surface area contributed by atoms with E-state index in [2.05, 4.69) is 14.9 Å². The van der Waals surface area contributed by atoms with E-state index < -0.39 is 23.5 Å². The number of esters is 1. The Kier molecular flexibility index (Phi) is 7.26. The molecule has 0 spiro atoms. The molecule has 1 saturated heterocycles. The van der Waals surface area contributed by atoms with E-state index in [1.54, 1.807) is 19.1 Å². The van der Waals surface area contributed by atoms with Crippen LogP contribution in [-0.4, -0.2) is 60.8 Å². The van der Waals surface area contributed by atoms with E-state index in [1.807, 2.05) is 24.4 Å². The summed E-state index contributed by atoms with van der Waals surface area (Å²) in [5, 5.41) is 0.950. The number of morpholine rings is 1. The fourth-order valence-corrected chi connectivity index (χ4v) is 3.79. The number of hydrogen-bond acceptors (Lipinski definition) is 6. The summed E-state index contributed by atoms with van der Waals surface area (Å²) < 4.78 is 25.1. The van der Waals surface area contributed by atoms with Crippen molar-refractivity contribution in [2.75, 3.05) is 32.9 Å². The quantitative estimate of drug-likeness (QED) is 0.243. The monoisotopic (exact) mass is 451 g/mol. The van der Waals surface area contributed by atoms with Gasteiger partial charge in [-0.25, -0.2) is 4.39 Å². The first kappa shape index (κ1) is 22.8. The molecule has 1 fully saturated rings. The Morgan fingerprint density at radius 3 is 2.82 bits per heavy atom. The van der Waals surface area contributed by atoms with Gasteiger partial charge in [0.1, 0.15) is 5.82 Å². The molecule has 0 amide bonds. The fraction of sp³-hybridized carbons (Fsp3) is 0.320. The van der Waals surface area contributed by atoms with Gasteiger partial charge in [-0.2, -0.15) is 0 Å². The normalized spacial score (nSPS) is 15.7. The lowest BCUT2D eigenvalue weighted by Gasteiger charge is -2.26.